The molecular weight excluding hydrogens is 1480 g/mol. The molecule has 10 amide bonds. The maximum absolute atomic E-state index is 14.7. The van der Waals surface area contributed by atoms with Crippen molar-refractivity contribution < 1.29 is 116 Å². The molecule has 0 radical (unpaired) electrons. The number of rotatable bonds is 54. The third-order valence-corrected chi connectivity index (χ3v) is 21.1. The average molecular weight is 1620 g/mol. The maximum atomic E-state index is 14.7. The molecule has 15 atom stereocenters. The van der Waals surface area contributed by atoms with Gasteiger partial charge in [0.2, 0.25) is 47.3 Å². The minimum Gasteiger partial charge on any atom is -0.481 e. The molecule has 3 aliphatic heterocycles. The Labute approximate surface area is 663 Å². The number of ketones is 3. The van der Waals surface area contributed by atoms with E-state index in [1.807, 2.05) is 11.8 Å². The number of carbonyl (C=O) groups is 13. The Kier molecular flexibility index (Phi) is 48.7. The van der Waals surface area contributed by atoms with Gasteiger partial charge in [0.1, 0.15) is 47.1 Å². The van der Waals surface area contributed by atoms with E-state index >= 15 is 0 Å². The summed E-state index contributed by atoms with van der Waals surface area (Å²) in [6, 6.07) is -8.45. The number of fused-ring (bicyclic) bond motifs is 1. The standard InChI is InChI=1S/C76H131N11O24S/c1-10-49(4)64-71(100)80-55(46-61(94)95)69(98)87-76(9,28-18-14-12-11-13-17-27-75(8,72(101)79-50(5)67(96)82-64)86-68(97)53(25-26-60(77)93)45-58(92)62(78)51(6)88)73(102)84-63(48(2)3)70(99)83-65(52(7)89)57(91)23-20-30-105-32-34-107-36-38-109-40-42-111-44-43-110-41-39-108-37-35-106-33-31-104-29-19-22-54(90)21-15-16-24-59-66-56(47-112-59)81-74(103)85-66/h11-12,48-53,55-56,59,62-66,88-89H,10,13-47,78H2,1-9H3,(H2,77,93)(H,79,101)(H,80,100)(H,82,96)(H,83,99)(H,84,102)(H,86,97)(H,87,98)(H,94,95)(H2,81,85,103)/b12-11+/t49-,50-,51+,52+,53+,55-,56-,59-,62+,63-,64-,65-,66-,75-,76-/m0/s1. The van der Waals surface area contributed by atoms with Gasteiger partial charge in [-0.1, -0.05) is 52.7 Å². The summed E-state index contributed by atoms with van der Waals surface area (Å²) < 4.78 is 44.6. The Balaban J connectivity index is 1.43. The molecule has 0 aliphatic carbocycles. The highest BCUT2D eigenvalue weighted by atomic mass is 32.2. The van der Waals surface area contributed by atoms with Crippen molar-refractivity contribution >= 4 is 88.4 Å². The monoisotopic (exact) mass is 1610 g/mol. The number of carbonyl (C=O) groups excluding carboxylic acids is 12. The number of carboxylic acids is 1. The fraction of sp³-hybridized carbons (Fsp3) is 0.803. The van der Waals surface area contributed by atoms with E-state index in [1.165, 1.54) is 34.6 Å². The molecule has 0 saturated carbocycles. The molecule has 35 nitrogen and oxygen atoms in total. The zero-order valence-corrected chi connectivity index (χ0v) is 68.0. The third-order valence-electron chi connectivity index (χ3n) is 19.6. The number of allylic oxidation sites excluding steroid dienone is 2. The van der Waals surface area contributed by atoms with Crippen molar-refractivity contribution in [1.29, 1.82) is 0 Å². The van der Waals surface area contributed by atoms with Gasteiger partial charge < -0.3 is 113 Å². The number of nitrogens with one attached hydrogen (secondary N) is 9. The van der Waals surface area contributed by atoms with Gasteiger partial charge in [0, 0.05) is 62.2 Å². The van der Waals surface area contributed by atoms with Crippen molar-refractivity contribution in [3.8, 4) is 0 Å². The van der Waals surface area contributed by atoms with Gasteiger partial charge in [-0.25, -0.2) is 4.79 Å². The number of aliphatic hydroxyl groups is 2. The van der Waals surface area contributed by atoms with E-state index < -0.39 is 155 Å². The number of hydrogen-bond acceptors (Lipinski definition) is 25. The molecule has 0 aromatic heterocycles. The highest BCUT2D eigenvalue weighted by molar-refractivity contribution is 8.00. The van der Waals surface area contributed by atoms with Crippen LogP contribution in [0.5, 0.6) is 0 Å². The van der Waals surface area contributed by atoms with Gasteiger partial charge in [0.05, 0.1) is 129 Å². The molecule has 2 fully saturated rings. The predicted molar refractivity (Wildman–Crippen MR) is 414 cm³/mol. The van der Waals surface area contributed by atoms with Crippen molar-refractivity contribution in [3.05, 3.63) is 12.2 Å². The van der Waals surface area contributed by atoms with E-state index in [0.29, 0.717) is 117 Å². The minimum absolute atomic E-state index is 0.0426. The summed E-state index contributed by atoms with van der Waals surface area (Å²) in [5.74, 6) is -11.2. The van der Waals surface area contributed by atoms with Crippen LogP contribution in [0.3, 0.4) is 0 Å². The number of aliphatic carboxylic acids is 1. The lowest BCUT2D eigenvalue weighted by Crippen LogP contribution is -2.65. The van der Waals surface area contributed by atoms with Gasteiger partial charge >= 0.3 is 12.0 Å². The summed E-state index contributed by atoms with van der Waals surface area (Å²) in [5.41, 5.74) is 7.59. The number of thioether (sulfide) groups is 1. The van der Waals surface area contributed by atoms with Crippen molar-refractivity contribution in [1.82, 2.24) is 47.9 Å². The van der Waals surface area contributed by atoms with Crippen molar-refractivity contribution in [3.63, 3.8) is 0 Å². The number of unbranched alkanes of at least 4 members (excludes halogenated alkanes) is 1. The lowest BCUT2D eigenvalue weighted by atomic mass is 9.88. The number of aliphatic hydroxyl groups excluding tert-OH is 2. The van der Waals surface area contributed by atoms with Gasteiger partial charge in [-0.05, 0) is 117 Å². The first-order valence-electron chi connectivity index (χ1n) is 39.5. The van der Waals surface area contributed by atoms with Gasteiger partial charge in [0.25, 0.3) is 0 Å². The SMILES string of the molecule is CC[C@H](C)[C@@H]1NC(=O)[C@H](C)NC(=O)[C@@](C)(NC(=O)[C@H](CCC(N)=O)CC(=O)[C@H](N)[C@@H](C)O)CCC/C=C/CCC[C@@](C)(C(=O)N[C@H](C(=O)N[C@H](C(=O)CCCOCCOCCOCCOCCOCCOCCOCCOCCCC(=O)CCCC[C@@H]2SC[C@@H]3NC(=O)N[C@@H]32)[C@@H](C)O)C(C)C)NC(=O)[C@H](CC(=O)O)NC1=O. The van der Waals surface area contributed by atoms with Gasteiger partial charge in [-0.15, -0.1) is 0 Å². The van der Waals surface area contributed by atoms with E-state index in [1.54, 1.807) is 39.8 Å². The maximum Gasteiger partial charge on any atom is 0.315 e. The first kappa shape index (κ1) is 99.4. The second-order valence-corrected chi connectivity index (χ2v) is 30.9. The largest absolute Gasteiger partial charge is 0.481 e. The molecule has 0 aromatic carbocycles. The Morgan fingerprint density at radius 2 is 1.13 bits per heavy atom. The quantitative estimate of drug-likeness (QED) is 0.0227. The summed E-state index contributed by atoms with van der Waals surface area (Å²) in [7, 11) is 0. The van der Waals surface area contributed by atoms with E-state index in [4.69, 9.17) is 49.4 Å². The number of Topliss-reactive ketones (excluding diaryl/α,β-unsaturated/α-hetero) is 3. The molecule has 3 aliphatic rings. The molecule has 2 saturated heterocycles. The van der Waals surface area contributed by atoms with Crippen LogP contribution in [0.4, 0.5) is 4.79 Å². The second kappa shape index (κ2) is 54.8. The van der Waals surface area contributed by atoms with Crippen molar-refractivity contribution in [2.24, 2.45) is 29.2 Å². The number of ether oxygens (including phenoxy) is 8. The zero-order valence-electron chi connectivity index (χ0n) is 67.2. The fourth-order valence-electron chi connectivity index (χ4n) is 12.4. The van der Waals surface area contributed by atoms with Crippen molar-refractivity contribution in [2.75, 3.05) is 111 Å². The van der Waals surface area contributed by atoms with E-state index in [-0.39, 0.29) is 108 Å². The van der Waals surface area contributed by atoms with Gasteiger partial charge in [-0.2, -0.15) is 11.8 Å². The molecule has 0 unspecified atom stereocenters. The summed E-state index contributed by atoms with van der Waals surface area (Å²) in [4.78, 5) is 175. The van der Waals surface area contributed by atoms with Crippen LogP contribution in [-0.4, -0.2) is 280 Å². The molecule has 112 heavy (non-hydrogen) atoms. The molecule has 0 bridgehead atoms. The highest BCUT2D eigenvalue weighted by Crippen LogP contribution is 2.33. The van der Waals surface area contributed by atoms with Crippen molar-refractivity contribution in [2.45, 2.75) is 261 Å². The molecule has 36 heteroatoms. The topological polar surface area (TPSA) is 517 Å². The van der Waals surface area contributed by atoms with E-state index in [9.17, 15) is 77.6 Å². The molecular formula is C76H131N11O24S. The number of primary amides is 1. The minimum atomic E-state index is -1.92. The second-order valence-electron chi connectivity index (χ2n) is 29.7. The number of amides is 10. The molecule has 16 N–H and O–H groups in total. The average Bonchev–Trinajstić information content (AvgIpc) is 1.68. The molecule has 640 valence electrons. The number of hydrogen-bond donors (Lipinski definition) is 14. The fourth-order valence-corrected chi connectivity index (χ4v) is 14.0. The number of urea groups is 1. The van der Waals surface area contributed by atoms with Crippen LogP contribution in [0.25, 0.3) is 0 Å². The molecule has 3 rings (SSSR count). The molecule has 3 heterocycles. The normalized spacial score (nSPS) is 23.6. The van der Waals surface area contributed by atoms with E-state index in [0.717, 1.165) is 25.0 Å². The van der Waals surface area contributed by atoms with Crippen LogP contribution < -0.4 is 59.3 Å². The first-order chi connectivity index (χ1) is 53.2. The van der Waals surface area contributed by atoms with Crippen LogP contribution in [0, 0.1) is 17.8 Å². The van der Waals surface area contributed by atoms with Crippen LogP contribution in [0.1, 0.15) is 184 Å². The molecule has 0 spiro atoms. The molecule has 0 aromatic rings. The predicted octanol–water partition coefficient (Wildman–Crippen LogP) is 0.754. The third kappa shape index (κ3) is 39.0. The Morgan fingerprint density at radius 1 is 0.607 bits per heavy atom. The smallest absolute Gasteiger partial charge is 0.315 e. The Morgan fingerprint density at radius 3 is 1.64 bits per heavy atom. The number of nitrogens with two attached hydrogens (primary N) is 2. The Bertz CT molecular complexity index is 2970. The van der Waals surface area contributed by atoms with Gasteiger partial charge in [0.15, 0.2) is 11.6 Å². The summed E-state index contributed by atoms with van der Waals surface area (Å²) in [5, 5.41) is 55.4. The van der Waals surface area contributed by atoms with Crippen LogP contribution >= 0.6 is 11.8 Å². The summed E-state index contributed by atoms with van der Waals surface area (Å²) >= 11 is 1.89. The summed E-state index contributed by atoms with van der Waals surface area (Å²) in [6.07, 6.45) is 4.77. The van der Waals surface area contributed by atoms with Crippen LogP contribution in [0.2, 0.25) is 0 Å². The van der Waals surface area contributed by atoms with E-state index in [2.05, 4.69) is 47.9 Å². The first-order valence-corrected chi connectivity index (χ1v) is 40.6. The lowest BCUT2D eigenvalue weighted by Gasteiger charge is -2.34. The van der Waals surface area contributed by atoms with Crippen LogP contribution in [-0.2, 0) is 95.4 Å². The highest BCUT2D eigenvalue weighted by Gasteiger charge is 2.45. The lowest BCUT2D eigenvalue weighted by molar-refractivity contribution is -0.143. The Hall–Kier alpha value is -6.84. The summed E-state index contributed by atoms with van der Waals surface area (Å²) in [6.45, 7) is 19.0. The number of carboxylic acid groups (broad SMARTS) is 1. The van der Waals surface area contributed by atoms with Gasteiger partial charge in [-0.3, -0.25) is 57.5 Å². The van der Waals surface area contributed by atoms with Crippen LogP contribution in [0.15, 0.2) is 12.2 Å². The zero-order chi connectivity index (χ0) is 83.2.